The topological polar surface area (TPSA) is 0 Å². The van der Waals surface area contributed by atoms with E-state index in [2.05, 4.69) is 20.5 Å². The van der Waals surface area contributed by atoms with Gasteiger partial charge in [0.2, 0.25) is 0 Å². The molecule has 1 fully saturated rings. The molecule has 1 aliphatic rings. The van der Waals surface area contributed by atoms with Crippen LogP contribution in [0, 0.1) is 5.92 Å². The maximum atomic E-state index is 4.25. The second-order valence-corrected chi connectivity index (χ2v) is 2.63. The van der Waals surface area contributed by atoms with E-state index < -0.39 is 0 Å². The minimum atomic E-state index is 0.759. The van der Waals surface area contributed by atoms with Gasteiger partial charge in [-0.1, -0.05) is 6.32 Å². The van der Waals surface area contributed by atoms with Crippen LogP contribution in [0.2, 0.25) is 6.32 Å². The average molecular weight is 100.0 g/mol. The lowest BCUT2D eigenvalue weighted by Crippen LogP contribution is -1.73. The Labute approximate surface area is 45.1 Å². The van der Waals surface area contributed by atoms with Crippen molar-refractivity contribution in [3.63, 3.8) is 0 Å². The first-order valence-electron chi connectivity index (χ1n) is 2.52. The highest BCUT2D eigenvalue weighted by Gasteiger charge is 2.30. The van der Waals surface area contributed by atoms with E-state index in [0.717, 1.165) is 11.2 Å². The van der Waals surface area contributed by atoms with Gasteiger partial charge >= 0.3 is 0 Å². The third-order valence-corrected chi connectivity index (χ3v) is 2.04. The zero-order chi connectivity index (χ0) is 4.57. The molecule has 0 aromatic heterocycles. The zero-order valence-corrected chi connectivity index (χ0v) is 4.91. The molecule has 0 radical (unpaired) electrons. The van der Waals surface area contributed by atoms with Crippen molar-refractivity contribution >= 4 is 20.5 Å². The van der Waals surface area contributed by atoms with Gasteiger partial charge in [0.1, 0.15) is 7.85 Å². The normalized spacial score (nSPS) is 42.8. The summed E-state index contributed by atoms with van der Waals surface area (Å²) in [6.07, 6.45) is 2.69. The summed E-state index contributed by atoms with van der Waals surface area (Å²) in [6.45, 7) is 0. The molecule has 0 bridgehead atoms. The van der Waals surface area contributed by atoms with Gasteiger partial charge in [0.25, 0.3) is 0 Å². The van der Waals surface area contributed by atoms with E-state index in [-0.39, 0.29) is 0 Å². The van der Waals surface area contributed by atoms with Gasteiger partial charge in [-0.25, -0.2) is 0 Å². The van der Waals surface area contributed by atoms with E-state index in [1.165, 1.54) is 12.7 Å². The van der Waals surface area contributed by atoms with E-state index in [1.54, 1.807) is 0 Å². The van der Waals surface area contributed by atoms with Crippen LogP contribution >= 0.6 is 12.6 Å². The van der Waals surface area contributed by atoms with Gasteiger partial charge in [-0.05, 0) is 12.3 Å². The molecule has 1 aliphatic carbocycles. The van der Waals surface area contributed by atoms with E-state index in [9.17, 15) is 0 Å². The summed E-state index contributed by atoms with van der Waals surface area (Å²) in [7, 11) is 2.22. The molecule has 2 unspecified atom stereocenters. The predicted molar refractivity (Wildman–Crippen MR) is 34.2 cm³/mol. The van der Waals surface area contributed by atoms with E-state index in [1.807, 2.05) is 0 Å². The molecule has 0 aromatic rings. The SMILES string of the molecule is BCC1CC1S. The minimum absolute atomic E-state index is 0.759. The number of rotatable bonds is 1. The highest BCUT2D eigenvalue weighted by atomic mass is 32.1. The molecule has 1 saturated carbocycles. The smallest absolute Gasteiger partial charge is 0.101 e. The monoisotopic (exact) mass is 100 g/mol. The van der Waals surface area contributed by atoms with Crippen molar-refractivity contribution in [1.82, 2.24) is 0 Å². The molecule has 0 nitrogen and oxygen atoms in total. The second-order valence-electron chi connectivity index (χ2n) is 1.97. The second kappa shape index (κ2) is 1.49. The van der Waals surface area contributed by atoms with Crippen molar-refractivity contribution in [3.05, 3.63) is 0 Å². The molecule has 1 rings (SSSR count). The maximum Gasteiger partial charge on any atom is 0.101 e. The fourth-order valence-electron chi connectivity index (χ4n) is 0.670. The van der Waals surface area contributed by atoms with Gasteiger partial charge in [0.05, 0.1) is 0 Å². The number of thiol groups is 1. The molecule has 0 heterocycles. The molecule has 0 amide bonds. The molecule has 2 heteroatoms. The fourth-order valence-corrected chi connectivity index (χ4v) is 1.15. The quantitative estimate of drug-likeness (QED) is 0.357. The minimum Gasteiger partial charge on any atom is -0.176 e. The Balaban J connectivity index is 2.09. The highest BCUT2D eigenvalue weighted by Crippen LogP contribution is 2.37. The summed E-state index contributed by atoms with van der Waals surface area (Å²) in [4.78, 5) is 0. The predicted octanol–water partition coefficient (Wildman–Crippen LogP) is 0.356. The lowest BCUT2D eigenvalue weighted by atomic mass is 10.0. The van der Waals surface area contributed by atoms with E-state index in [0.29, 0.717) is 0 Å². The molecule has 0 saturated heterocycles. The van der Waals surface area contributed by atoms with Gasteiger partial charge < -0.3 is 0 Å². The van der Waals surface area contributed by atoms with Crippen LogP contribution in [0.4, 0.5) is 0 Å². The third kappa shape index (κ3) is 0.727. The van der Waals surface area contributed by atoms with Gasteiger partial charge in [0.15, 0.2) is 0 Å². The Hall–Kier alpha value is 0.415. The molecular formula is C4H9BS. The fraction of sp³-hybridized carbons (Fsp3) is 1.00. The third-order valence-electron chi connectivity index (χ3n) is 1.41. The van der Waals surface area contributed by atoms with Crippen LogP contribution in [0.25, 0.3) is 0 Å². The summed E-state index contributed by atoms with van der Waals surface area (Å²) in [5.74, 6) is 0.966. The van der Waals surface area contributed by atoms with Crippen LogP contribution in [0.15, 0.2) is 0 Å². The van der Waals surface area contributed by atoms with Gasteiger partial charge in [-0.15, -0.1) is 0 Å². The van der Waals surface area contributed by atoms with Crippen LogP contribution < -0.4 is 0 Å². The lowest BCUT2D eigenvalue weighted by Gasteiger charge is -1.78. The van der Waals surface area contributed by atoms with Crippen molar-refractivity contribution in [1.29, 1.82) is 0 Å². The first-order valence-corrected chi connectivity index (χ1v) is 3.04. The largest absolute Gasteiger partial charge is 0.176 e. The highest BCUT2D eigenvalue weighted by molar-refractivity contribution is 7.81. The van der Waals surface area contributed by atoms with Gasteiger partial charge in [-0.2, -0.15) is 12.6 Å². The van der Waals surface area contributed by atoms with Gasteiger partial charge in [-0.3, -0.25) is 0 Å². The maximum absolute atomic E-state index is 4.25. The van der Waals surface area contributed by atoms with Crippen LogP contribution in [0.5, 0.6) is 0 Å². The van der Waals surface area contributed by atoms with Crippen LogP contribution in [-0.4, -0.2) is 13.1 Å². The van der Waals surface area contributed by atoms with Crippen LogP contribution in [0.3, 0.4) is 0 Å². The molecule has 2 atom stereocenters. The van der Waals surface area contributed by atoms with Crippen molar-refractivity contribution in [2.75, 3.05) is 0 Å². The first-order chi connectivity index (χ1) is 2.84. The van der Waals surface area contributed by atoms with Crippen molar-refractivity contribution < 1.29 is 0 Å². The molecule has 0 aliphatic heterocycles. The average Bonchev–Trinajstić information content (AvgIpc) is 2.19. The molecule has 34 valence electrons. The number of hydrogen-bond donors (Lipinski definition) is 1. The number of hydrogen-bond acceptors (Lipinski definition) is 1. The molecular weight excluding hydrogens is 90.9 g/mol. The van der Waals surface area contributed by atoms with Crippen LogP contribution in [0.1, 0.15) is 6.42 Å². The molecule has 6 heavy (non-hydrogen) atoms. The van der Waals surface area contributed by atoms with E-state index in [4.69, 9.17) is 0 Å². The summed E-state index contributed by atoms with van der Waals surface area (Å²) < 4.78 is 0. The molecule has 0 spiro atoms. The standard InChI is InChI=1S/C4H9BS/c5-2-3-1-4(3)6/h3-4,6H,1-2,5H2. The lowest BCUT2D eigenvalue weighted by molar-refractivity contribution is 0.984. The van der Waals surface area contributed by atoms with Gasteiger partial charge in [0, 0.05) is 5.25 Å². The van der Waals surface area contributed by atoms with Crippen molar-refractivity contribution in [2.45, 2.75) is 18.0 Å². The molecule has 0 N–H and O–H groups in total. The Morgan fingerprint density at radius 1 is 1.83 bits per heavy atom. The van der Waals surface area contributed by atoms with Crippen LogP contribution in [-0.2, 0) is 0 Å². The zero-order valence-electron chi connectivity index (χ0n) is 4.02. The summed E-state index contributed by atoms with van der Waals surface area (Å²) >= 11 is 4.25. The Bertz CT molecular complexity index is 53.5. The van der Waals surface area contributed by atoms with E-state index >= 15 is 0 Å². The Morgan fingerprint density at radius 3 is 2.33 bits per heavy atom. The summed E-state index contributed by atoms with van der Waals surface area (Å²) in [5, 5.41) is 0.759. The Morgan fingerprint density at radius 2 is 2.33 bits per heavy atom. The summed E-state index contributed by atoms with van der Waals surface area (Å²) in [6, 6.07) is 0. The van der Waals surface area contributed by atoms with Crippen molar-refractivity contribution in [2.24, 2.45) is 5.92 Å². The Kier molecular flexibility index (Phi) is 1.14. The summed E-state index contributed by atoms with van der Waals surface area (Å²) in [5.41, 5.74) is 0. The van der Waals surface area contributed by atoms with Crippen molar-refractivity contribution in [3.8, 4) is 0 Å². The molecule has 0 aromatic carbocycles. The first kappa shape index (κ1) is 4.57.